The van der Waals surface area contributed by atoms with Crippen LogP contribution in [0.1, 0.15) is 43.4 Å². The monoisotopic (exact) mass is 366 g/mol. The van der Waals surface area contributed by atoms with E-state index >= 15 is 0 Å². The van der Waals surface area contributed by atoms with Crippen molar-refractivity contribution in [3.63, 3.8) is 0 Å². The van der Waals surface area contributed by atoms with E-state index in [2.05, 4.69) is 92.7 Å². The summed E-state index contributed by atoms with van der Waals surface area (Å²) in [5, 5.41) is 3.32. The summed E-state index contributed by atoms with van der Waals surface area (Å²) in [6.45, 7) is 4.70. The van der Waals surface area contributed by atoms with E-state index < -0.39 is 8.07 Å². The molecule has 0 aromatic heterocycles. The first-order valence-electron chi connectivity index (χ1n) is 10.2. The Balaban J connectivity index is 1.84. The summed E-state index contributed by atoms with van der Waals surface area (Å²) in [5.74, 6) is 0. The Bertz CT molecular complexity index is 998. The van der Waals surface area contributed by atoms with E-state index in [0.717, 1.165) is 0 Å². The van der Waals surface area contributed by atoms with Crippen LogP contribution >= 0.6 is 0 Å². The summed E-state index contributed by atoms with van der Waals surface area (Å²) in [4.78, 5) is 0. The molecule has 0 spiro atoms. The lowest BCUT2D eigenvalue weighted by molar-refractivity contribution is 0.860. The molecular formula is C26H26Si. The number of allylic oxidation sites excluding steroid dienone is 1. The smallest absolute Gasteiger partial charge is 0.0672 e. The van der Waals surface area contributed by atoms with Crippen molar-refractivity contribution in [2.24, 2.45) is 0 Å². The van der Waals surface area contributed by atoms with Gasteiger partial charge in [0.2, 0.25) is 0 Å². The zero-order valence-electron chi connectivity index (χ0n) is 16.2. The van der Waals surface area contributed by atoms with Gasteiger partial charge in [0, 0.05) is 5.54 Å². The third-order valence-corrected chi connectivity index (χ3v) is 12.4. The van der Waals surface area contributed by atoms with Crippen molar-refractivity contribution in [3.05, 3.63) is 89.5 Å². The van der Waals surface area contributed by atoms with Crippen LogP contribution in [0, 0.1) is 0 Å². The minimum atomic E-state index is -1.94. The molecule has 27 heavy (non-hydrogen) atoms. The van der Waals surface area contributed by atoms with Gasteiger partial charge in [0.25, 0.3) is 0 Å². The highest BCUT2D eigenvalue weighted by Gasteiger charge is 2.52. The highest BCUT2D eigenvalue weighted by molar-refractivity contribution is 7.06. The molecule has 1 aliphatic heterocycles. The summed E-state index contributed by atoms with van der Waals surface area (Å²) in [6.07, 6.45) is 5.02. The van der Waals surface area contributed by atoms with Crippen molar-refractivity contribution in [2.45, 2.75) is 38.3 Å². The van der Waals surface area contributed by atoms with Gasteiger partial charge >= 0.3 is 0 Å². The minimum Gasteiger partial charge on any atom is -0.0672 e. The molecule has 1 heterocycles. The van der Waals surface area contributed by atoms with Crippen LogP contribution < -0.4 is 10.4 Å². The van der Waals surface area contributed by atoms with Crippen molar-refractivity contribution >= 4 is 24.5 Å². The zero-order chi connectivity index (χ0) is 18.4. The van der Waals surface area contributed by atoms with Gasteiger partial charge in [-0.05, 0) is 45.6 Å². The molecule has 5 rings (SSSR count). The van der Waals surface area contributed by atoms with E-state index in [1.807, 2.05) is 0 Å². The normalized spacial score (nSPS) is 18.6. The molecule has 3 aromatic rings. The van der Waals surface area contributed by atoms with Crippen LogP contribution in [-0.2, 0) is 0 Å². The predicted molar refractivity (Wildman–Crippen MR) is 119 cm³/mol. The van der Waals surface area contributed by atoms with Crippen LogP contribution in [0.2, 0.25) is 6.04 Å². The lowest BCUT2D eigenvalue weighted by atomic mass is 10.1. The van der Waals surface area contributed by atoms with Crippen molar-refractivity contribution < 1.29 is 0 Å². The van der Waals surface area contributed by atoms with Gasteiger partial charge in [-0.3, -0.25) is 0 Å². The van der Waals surface area contributed by atoms with Gasteiger partial charge in [0.05, 0.1) is 0 Å². The van der Waals surface area contributed by atoms with E-state index in [0.29, 0.717) is 5.54 Å². The average molecular weight is 367 g/mol. The van der Waals surface area contributed by atoms with E-state index in [1.54, 1.807) is 21.5 Å². The van der Waals surface area contributed by atoms with Crippen LogP contribution in [0.15, 0.2) is 78.4 Å². The van der Waals surface area contributed by atoms with Crippen molar-refractivity contribution in [2.75, 3.05) is 0 Å². The average Bonchev–Trinajstić information content (AvgIpc) is 3.19. The maximum absolute atomic E-state index is 2.45. The fourth-order valence-electron chi connectivity index (χ4n) is 5.67. The van der Waals surface area contributed by atoms with E-state index in [4.69, 9.17) is 0 Å². The van der Waals surface area contributed by atoms with E-state index in [9.17, 15) is 0 Å². The standard InChI is InChI=1S/C26H26Si/c1-3-4-17-27(26-19(2)18-20-11-5-6-12-21(20)26)24-15-9-7-13-22(24)23-14-8-10-16-25(23)27/h5-16,18,26H,3-4,17H2,1-2H3/t26-/m0/s1. The van der Waals surface area contributed by atoms with Gasteiger partial charge in [0.15, 0.2) is 0 Å². The molecule has 0 saturated carbocycles. The molecule has 0 radical (unpaired) electrons. The second kappa shape index (κ2) is 6.35. The Kier molecular flexibility index (Phi) is 3.94. The summed E-state index contributed by atoms with van der Waals surface area (Å²) in [6, 6.07) is 29.0. The topological polar surface area (TPSA) is 0 Å². The second-order valence-corrected chi connectivity index (χ2v) is 12.2. The van der Waals surface area contributed by atoms with Crippen LogP contribution in [0.5, 0.6) is 0 Å². The van der Waals surface area contributed by atoms with Gasteiger partial charge in [-0.25, -0.2) is 0 Å². The molecule has 0 amide bonds. The summed E-state index contributed by atoms with van der Waals surface area (Å²) in [7, 11) is -1.94. The van der Waals surface area contributed by atoms with Gasteiger partial charge in [-0.2, -0.15) is 0 Å². The highest BCUT2D eigenvalue weighted by atomic mass is 28.3. The third-order valence-electron chi connectivity index (χ3n) is 6.67. The van der Waals surface area contributed by atoms with Gasteiger partial charge in [0.1, 0.15) is 8.07 Å². The number of fused-ring (bicyclic) bond motifs is 4. The van der Waals surface area contributed by atoms with Crippen LogP contribution in [0.3, 0.4) is 0 Å². The van der Waals surface area contributed by atoms with E-state index in [1.165, 1.54) is 35.6 Å². The molecule has 0 nitrogen and oxygen atoms in total. The van der Waals surface area contributed by atoms with Crippen molar-refractivity contribution in [1.82, 2.24) is 0 Å². The number of hydrogen-bond acceptors (Lipinski definition) is 0. The Hall–Kier alpha value is -2.38. The predicted octanol–water partition coefficient (Wildman–Crippen LogP) is 5.77. The van der Waals surface area contributed by atoms with Crippen LogP contribution in [0.4, 0.5) is 0 Å². The lowest BCUT2D eigenvalue weighted by Gasteiger charge is -2.37. The van der Waals surface area contributed by atoms with Gasteiger partial charge in [-0.1, -0.05) is 104 Å². The third kappa shape index (κ3) is 2.28. The minimum absolute atomic E-state index is 0.560. The first-order chi connectivity index (χ1) is 13.3. The second-order valence-electron chi connectivity index (χ2n) is 8.12. The molecule has 0 unspecified atom stereocenters. The largest absolute Gasteiger partial charge is 0.130 e. The summed E-state index contributed by atoms with van der Waals surface area (Å²) in [5.41, 5.74) is 8.10. The fraction of sp³-hybridized carbons (Fsp3) is 0.231. The molecular weight excluding hydrogens is 340 g/mol. The molecule has 2 aliphatic rings. The maximum atomic E-state index is 2.45. The highest BCUT2D eigenvalue weighted by Crippen LogP contribution is 2.47. The van der Waals surface area contributed by atoms with Gasteiger partial charge in [-0.15, -0.1) is 0 Å². The number of hydrogen-bond donors (Lipinski definition) is 0. The zero-order valence-corrected chi connectivity index (χ0v) is 17.2. The quantitative estimate of drug-likeness (QED) is 0.514. The molecule has 1 aliphatic carbocycles. The molecule has 0 bridgehead atoms. The maximum Gasteiger partial charge on any atom is 0.130 e. The van der Waals surface area contributed by atoms with Crippen molar-refractivity contribution in [3.8, 4) is 11.1 Å². The Morgan fingerprint density at radius 2 is 1.37 bits per heavy atom. The fourth-order valence-corrected chi connectivity index (χ4v) is 12.2. The number of rotatable bonds is 4. The number of benzene rings is 3. The van der Waals surface area contributed by atoms with Crippen LogP contribution in [0.25, 0.3) is 17.2 Å². The van der Waals surface area contributed by atoms with Gasteiger partial charge < -0.3 is 0 Å². The Labute approximate surface area is 163 Å². The molecule has 1 atom stereocenters. The molecule has 3 aromatic carbocycles. The summed E-state index contributed by atoms with van der Waals surface area (Å²) < 4.78 is 0. The molecule has 0 saturated heterocycles. The molecule has 0 fully saturated rings. The van der Waals surface area contributed by atoms with Crippen molar-refractivity contribution in [1.29, 1.82) is 0 Å². The Morgan fingerprint density at radius 3 is 2.04 bits per heavy atom. The molecule has 1 heteroatoms. The molecule has 134 valence electrons. The number of unbranched alkanes of at least 4 members (excludes halogenated alkanes) is 1. The summed E-state index contributed by atoms with van der Waals surface area (Å²) >= 11 is 0. The Morgan fingerprint density at radius 1 is 0.778 bits per heavy atom. The molecule has 0 N–H and O–H groups in total. The SMILES string of the molecule is CCCC[Si]1([C@H]2C(C)=Cc3ccccc32)c2ccccc2-c2ccccc21. The lowest BCUT2D eigenvalue weighted by Crippen LogP contribution is -2.60. The van der Waals surface area contributed by atoms with Crippen LogP contribution in [-0.4, -0.2) is 8.07 Å². The van der Waals surface area contributed by atoms with E-state index in [-0.39, 0.29) is 0 Å². The first-order valence-corrected chi connectivity index (χ1v) is 12.5. The first kappa shape index (κ1) is 16.8.